The molecule has 2 rings (SSSR count). The largest absolute Gasteiger partial charge is 0.504 e. The summed E-state index contributed by atoms with van der Waals surface area (Å²) in [5.74, 6) is -0.808. The summed E-state index contributed by atoms with van der Waals surface area (Å²) in [6.45, 7) is 2.13. The first kappa shape index (κ1) is 12.4. The lowest BCUT2D eigenvalue weighted by atomic mass is 10.2. The van der Waals surface area contributed by atoms with Gasteiger partial charge < -0.3 is 10.2 Å². The molecule has 18 heavy (non-hydrogen) atoms. The van der Waals surface area contributed by atoms with Crippen LogP contribution < -0.4 is 5.43 Å². The molecule has 94 valence electrons. The van der Waals surface area contributed by atoms with Gasteiger partial charge >= 0.3 is 0 Å². The Morgan fingerprint density at radius 2 is 2.00 bits per heavy atom. The van der Waals surface area contributed by atoms with E-state index in [1.165, 1.54) is 10.7 Å². The number of carbonyl (C=O) groups excluding carboxylic acids is 1. The average Bonchev–Trinajstić information content (AvgIpc) is 2.32. The topological polar surface area (TPSA) is 92.4 Å². The Balaban J connectivity index is 2.99. The van der Waals surface area contributed by atoms with Crippen molar-refractivity contribution in [2.75, 3.05) is 0 Å². The van der Waals surface area contributed by atoms with Crippen LogP contribution in [0.2, 0.25) is 0 Å². The maximum atomic E-state index is 11.9. The monoisotopic (exact) mass is 268 g/mol. The molecule has 0 aliphatic heterocycles. The number of hydrogen-bond donors (Lipinski definition) is 2. The van der Waals surface area contributed by atoms with Crippen LogP contribution in [0.1, 0.15) is 17.4 Å². The van der Waals surface area contributed by atoms with Crippen molar-refractivity contribution in [3.05, 3.63) is 28.0 Å². The number of phenolic OH excluding ortho intramolecular Hbond substituents is 2. The van der Waals surface area contributed by atoms with E-state index in [4.69, 9.17) is 11.6 Å². The molecule has 1 aromatic heterocycles. The predicted molar refractivity (Wildman–Crippen MR) is 65.2 cm³/mol. The molecule has 2 N–H and O–H groups in total. The second-order valence-electron chi connectivity index (χ2n) is 3.63. The minimum Gasteiger partial charge on any atom is -0.504 e. The molecular weight excluding hydrogens is 260 g/mol. The third kappa shape index (κ3) is 1.80. The van der Waals surface area contributed by atoms with E-state index in [-0.39, 0.29) is 11.1 Å². The van der Waals surface area contributed by atoms with Gasteiger partial charge in [-0.05, 0) is 24.6 Å². The number of phenols is 2. The Bertz CT molecular complexity index is 708. The van der Waals surface area contributed by atoms with E-state index >= 15 is 0 Å². The molecule has 0 fully saturated rings. The summed E-state index contributed by atoms with van der Waals surface area (Å²) < 4.78 is 1.35. The van der Waals surface area contributed by atoms with Crippen LogP contribution >= 0.6 is 11.6 Å². The Labute approximate surface area is 106 Å². The molecule has 0 amide bonds. The van der Waals surface area contributed by atoms with Crippen molar-refractivity contribution < 1.29 is 15.0 Å². The number of nitrogens with zero attached hydrogens (tertiary/aromatic N) is 2. The van der Waals surface area contributed by atoms with Crippen molar-refractivity contribution in [2.45, 2.75) is 13.5 Å². The second-order valence-corrected chi connectivity index (χ2v) is 3.97. The summed E-state index contributed by atoms with van der Waals surface area (Å²) in [6, 6.07) is 2.30. The highest BCUT2D eigenvalue weighted by Gasteiger charge is 2.17. The first-order valence-electron chi connectivity index (χ1n) is 5.12. The number of aromatic nitrogens is 2. The third-order valence-electron chi connectivity index (χ3n) is 2.54. The second kappa shape index (κ2) is 4.30. The van der Waals surface area contributed by atoms with Crippen LogP contribution in [0.4, 0.5) is 0 Å². The molecule has 0 saturated carbocycles. The van der Waals surface area contributed by atoms with E-state index in [1.807, 2.05) is 0 Å². The van der Waals surface area contributed by atoms with Gasteiger partial charge in [0.25, 0.3) is 5.24 Å². The van der Waals surface area contributed by atoms with E-state index < -0.39 is 22.1 Å². The smallest absolute Gasteiger partial charge is 0.276 e. The lowest BCUT2D eigenvalue weighted by Gasteiger charge is -2.09. The standard InChI is InChI=1S/C11H9ClN2O4/c1-2-14-6-4-8(16)7(15)3-5(6)10(17)9(13-14)11(12)18/h3-4,15-16H,2H2,1H3. The maximum Gasteiger partial charge on any atom is 0.276 e. The quantitative estimate of drug-likeness (QED) is 0.631. The summed E-state index contributed by atoms with van der Waals surface area (Å²) in [6.07, 6.45) is 0. The summed E-state index contributed by atoms with van der Waals surface area (Å²) >= 11 is 5.28. The Morgan fingerprint density at radius 3 is 2.56 bits per heavy atom. The zero-order valence-electron chi connectivity index (χ0n) is 9.35. The number of aromatic hydroxyl groups is 2. The van der Waals surface area contributed by atoms with Crippen LogP contribution in [0.5, 0.6) is 11.5 Å². The normalized spacial score (nSPS) is 10.8. The summed E-state index contributed by atoms with van der Waals surface area (Å²) in [7, 11) is 0. The first-order chi connectivity index (χ1) is 8.45. The van der Waals surface area contributed by atoms with Gasteiger partial charge in [-0.15, -0.1) is 0 Å². The predicted octanol–water partition coefficient (Wildman–Crippen LogP) is 1.21. The molecule has 0 spiro atoms. The average molecular weight is 269 g/mol. The van der Waals surface area contributed by atoms with Gasteiger partial charge in [-0.25, -0.2) is 0 Å². The fourth-order valence-corrected chi connectivity index (χ4v) is 1.80. The van der Waals surface area contributed by atoms with E-state index in [1.54, 1.807) is 6.92 Å². The SMILES string of the molecule is CCn1nc(C(=O)Cl)c(=O)c2cc(O)c(O)cc21. The minimum absolute atomic E-state index is 0.0751. The van der Waals surface area contributed by atoms with Crippen LogP contribution in [-0.4, -0.2) is 25.2 Å². The van der Waals surface area contributed by atoms with Crippen LogP contribution in [0.15, 0.2) is 16.9 Å². The van der Waals surface area contributed by atoms with Gasteiger partial charge in [0.2, 0.25) is 5.43 Å². The molecule has 0 unspecified atom stereocenters. The zero-order valence-corrected chi connectivity index (χ0v) is 10.1. The van der Waals surface area contributed by atoms with Gasteiger partial charge in [0.05, 0.1) is 10.9 Å². The fraction of sp³-hybridized carbons (Fsp3) is 0.182. The lowest BCUT2D eigenvalue weighted by molar-refractivity contribution is 0.107. The zero-order chi connectivity index (χ0) is 13.4. The van der Waals surface area contributed by atoms with Crippen molar-refractivity contribution in [3.63, 3.8) is 0 Å². The highest BCUT2D eigenvalue weighted by molar-refractivity contribution is 6.67. The lowest BCUT2D eigenvalue weighted by Crippen LogP contribution is -2.20. The summed E-state index contributed by atoms with van der Waals surface area (Å²) in [5.41, 5.74) is -0.763. The molecule has 1 aromatic carbocycles. The summed E-state index contributed by atoms with van der Waals surface area (Å²) in [4.78, 5) is 23.0. The maximum absolute atomic E-state index is 11.9. The third-order valence-corrected chi connectivity index (χ3v) is 2.72. The number of hydrogen-bond acceptors (Lipinski definition) is 5. The van der Waals surface area contributed by atoms with E-state index in [0.29, 0.717) is 12.1 Å². The highest BCUT2D eigenvalue weighted by atomic mass is 35.5. The summed E-state index contributed by atoms with van der Waals surface area (Å²) in [5, 5.41) is 21.8. The number of rotatable bonds is 2. The molecule has 0 aliphatic carbocycles. The molecule has 0 atom stereocenters. The first-order valence-corrected chi connectivity index (χ1v) is 5.50. The van der Waals surface area contributed by atoms with Gasteiger partial charge in [0, 0.05) is 12.6 Å². The highest BCUT2D eigenvalue weighted by Crippen LogP contribution is 2.28. The van der Waals surface area contributed by atoms with Crippen LogP contribution in [0.25, 0.3) is 10.9 Å². The van der Waals surface area contributed by atoms with Gasteiger partial charge in [0.1, 0.15) is 0 Å². The minimum atomic E-state index is -0.961. The van der Waals surface area contributed by atoms with Gasteiger partial charge in [0.15, 0.2) is 17.2 Å². The van der Waals surface area contributed by atoms with E-state index in [0.717, 1.165) is 6.07 Å². The van der Waals surface area contributed by atoms with Crippen molar-refractivity contribution in [1.82, 2.24) is 9.78 Å². The van der Waals surface area contributed by atoms with Crippen LogP contribution in [0.3, 0.4) is 0 Å². The number of carbonyl (C=O) groups is 1. The fourth-order valence-electron chi connectivity index (χ4n) is 1.68. The van der Waals surface area contributed by atoms with Gasteiger partial charge in [-0.3, -0.25) is 14.3 Å². The van der Waals surface area contributed by atoms with Crippen molar-refractivity contribution in [3.8, 4) is 11.5 Å². The van der Waals surface area contributed by atoms with Gasteiger partial charge in [-0.2, -0.15) is 5.10 Å². The Kier molecular flexibility index (Phi) is 2.96. The van der Waals surface area contributed by atoms with Crippen LogP contribution in [-0.2, 0) is 6.54 Å². The molecule has 1 heterocycles. The molecular formula is C11H9ClN2O4. The van der Waals surface area contributed by atoms with Crippen molar-refractivity contribution >= 4 is 27.7 Å². The Morgan fingerprint density at radius 1 is 1.39 bits per heavy atom. The Hall–Kier alpha value is -2.08. The van der Waals surface area contributed by atoms with Crippen molar-refractivity contribution in [1.29, 1.82) is 0 Å². The van der Waals surface area contributed by atoms with E-state index in [9.17, 15) is 19.8 Å². The molecule has 0 bridgehead atoms. The number of aryl methyl sites for hydroxylation is 1. The number of benzene rings is 1. The van der Waals surface area contributed by atoms with E-state index in [2.05, 4.69) is 5.10 Å². The molecule has 0 saturated heterocycles. The van der Waals surface area contributed by atoms with Crippen LogP contribution in [0, 0.1) is 0 Å². The van der Waals surface area contributed by atoms with Gasteiger partial charge in [-0.1, -0.05) is 0 Å². The molecule has 7 heteroatoms. The molecule has 6 nitrogen and oxygen atoms in total. The molecule has 0 radical (unpaired) electrons. The molecule has 0 aliphatic rings. The van der Waals surface area contributed by atoms with Crippen molar-refractivity contribution in [2.24, 2.45) is 0 Å². The number of fused-ring (bicyclic) bond motifs is 1. The molecule has 2 aromatic rings. The number of halogens is 1.